The molecule has 2 aliphatic rings. The van der Waals surface area contributed by atoms with Crippen LogP contribution in [0.15, 0.2) is 53.8 Å². The summed E-state index contributed by atoms with van der Waals surface area (Å²) in [6.45, 7) is 6.29. The van der Waals surface area contributed by atoms with Gasteiger partial charge >= 0.3 is 0 Å². The van der Waals surface area contributed by atoms with Gasteiger partial charge in [-0.1, -0.05) is 0 Å². The maximum atomic E-state index is 13.9. The van der Waals surface area contributed by atoms with Crippen LogP contribution in [0.1, 0.15) is 46.0 Å². The Bertz CT molecular complexity index is 1930. The molecule has 1 fully saturated rings. The van der Waals surface area contributed by atoms with Gasteiger partial charge in [0.05, 0.1) is 39.9 Å². The van der Waals surface area contributed by atoms with Crippen LogP contribution in [0.3, 0.4) is 0 Å². The van der Waals surface area contributed by atoms with Crippen LogP contribution < -0.4 is 15.5 Å². The second kappa shape index (κ2) is 11.6. The van der Waals surface area contributed by atoms with E-state index in [2.05, 4.69) is 35.6 Å². The number of hydrogen-bond donors (Lipinski definition) is 3. The van der Waals surface area contributed by atoms with Crippen molar-refractivity contribution in [2.24, 2.45) is 7.05 Å². The first-order valence-corrected chi connectivity index (χ1v) is 15.9. The van der Waals surface area contributed by atoms with Crippen molar-refractivity contribution >= 4 is 39.0 Å². The molecule has 2 aliphatic heterocycles. The summed E-state index contributed by atoms with van der Waals surface area (Å²) in [4.78, 5) is 34.8. The highest BCUT2D eigenvalue weighted by atomic mass is 32.2. The summed E-state index contributed by atoms with van der Waals surface area (Å²) in [7, 11) is -0.627. The number of amides is 2. The first-order valence-electron chi connectivity index (χ1n) is 14.5. The number of imidazole rings is 1. The number of halogens is 2. The minimum atomic E-state index is -4.36. The quantitative estimate of drug-likeness (QED) is 0.276. The van der Waals surface area contributed by atoms with E-state index in [1.807, 2.05) is 13.1 Å². The SMILES string of the molecule is CN1CCN(c2ccc(C(=O)Nc3n[nH]c4c3CN(S(=O)(=O)c3cc(F)cc(F)c3)C4(C)C)c(NC(=O)c3cncn3C)c2)CC1. The van der Waals surface area contributed by atoms with Gasteiger partial charge in [0.2, 0.25) is 10.0 Å². The van der Waals surface area contributed by atoms with Crippen molar-refractivity contribution in [1.82, 2.24) is 29.0 Å². The van der Waals surface area contributed by atoms with Crippen molar-refractivity contribution in [2.45, 2.75) is 30.8 Å². The zero-order valence-corrected chi connectivity index (χ0v) is 26.5. The Labute approximate surface area is 264 Å². The normalized spacial score (nSPS) is 16.8. The molecule has 0 aliphatic carbocycles. The van der Waals surface area contributed by atoms with E-state index in [1.54, 1.807) is 37.6 Å². The fourth-order valence-electron chi connectivity index (χ4n) is 5.82. The number of hydrogen-bond acceptors (Lipinski definition) is 8. The average molecular weight is 654 g/mol. The fraction of sp³-hybridized carbons (Fsp3) is 0.333. The highest BCUT2D eigenvalue weighted by Crippen LogP contribution is 2.44. The van der Waals surface area contributed by atoms with E-state index in [0.29, 0.717) is 23.0 Å². The van der Waals surface area contributed by atoms with Crippen molar-refractivity contribution in [3.63, 3.8) is 0 Å². The molecule has 0 saturated carbocycles. The number of sulfonamides is 1. The van der Waals surface area contributed by atoms with Gasteiger partial charge in [0, 0.05) is 57.1 Å². The van der Waals surface area contributed by atoms with Crippen molar-refractivity contribution in [3.05, 3.63) is 83.1 Å². The smallest absolute Gasteiger partial charge is 0.273 e. The van der Waals surface area contributed by atoms with E-state index >= 15 is 0 Å². The number of likely N-dealkylation sites (N-methyl/N-ethyl adjacent to an activating group) is 1. The zero-order chi connectivity index (χ0) is 33.0. The topological polar surface area (TPSA) is 149 Å². The number of nitrogens with one attached hydrogen (secondary N) is 3. The van der Waals surface area contributed by atoms with Crippen LogP contribution in [0.2, 0.25) is 0 Å². The number of piperazine rings is 1. The molecule has 4 heterocycles. The molecule has 1 saturated heterocycles. The van der Waals surface area contributed by atoms with Crippen LogP contribution in [0.4, 0.5) is 26.0 Å². The number of H-pyrrole nitrogens is 1. The Hall–Kier alpha value is -4.67. The zero-order valence-electron chi connectivity index (χ0n) is 25.6. The lowest BCUT2D eigenvalue weighted by atomic mass is 10.0. The third kappa shape index (κ3) is 5.63. The number of fused-ring (bicyclic) bond motifs is 1. The molecule has 46 heavy (non-hydrogen) atoms. The maximum absolute atomic E-state index is 13.9. The number of benzene rings is 2. The predicted molar refractivity (Wildman–Crippen MR) is 166 cm³/mol. The monoisotopic (exact) mass is 653 g/mol. The van der Waals surface area contributed by atoms with Gasteiger partial charge in [-0.2, -0.15) is 9.40 Å². The third-order valence-corrected chi connectivity index (χ3v) is 10.5. The Morgan fingerprint density at radius 3 is 2.30 bits per heavy atom. The second-order valence-electron chi connectivity index (χ2n) is 11.9. The van der Waals surface area contributed by atoms with Crippen LogP contribution in [0.25, 0.3) is 0 Å². The van der Waals surface area contributed by atoms with Crippen molar-refractivity contribution < 1.29 is 26.8 Å². The molecular weight excluding hydrogens is 620 g/mol. The standard InChI is InChI=1S/C30H33F2N9O4S/c1-30(2)26-23(16-41(30)46(44,45)21-12-18(31)11-19(32)13-21)27(37-36-26)35-28(42)22-6-5-20(40-9-7-38(3)8-10-40)14-24(22)34-29(43)25-15-33-17-39(25)4/h5-6,11-15,17H,7-10,16H2,1-4H3,(H,34,43)(H2,35,36,37,42). The molecule has 2 aromatic heterocycles. The highest BCUT2D eigenvalue weighted by molar-refractivity contribution is 7.89. The summed E-state index contributed by atoms with van der Waals surface area (Å²) in [5, 5.41) is 12.7. The molecule has 4 aromatic rings. The number of anilines is 3. The Morgan fingerprint density at radius 1 is 0.957 bits per heavy atom. The van der Waals surface area contributed by atoms with E-state index in [1.165, 1.54) is 12.5 Å². The molecule has 242 valence electrons. The molecule has 13 nitrogen and oxygen atoms in total. The highest BCUT2D eigenvalue weighted by Gasteiger charge is 2.48. The summed E-state index contributed by atoms with van der Waals surface area (Å²) in [6.07, 6.45) is 2.92. The summed E-state index contributed by atoms with van der Waals surface area (Å²) in [5.41, 5.74) is 1.17. The molecule has 16 heteroatoms. The molecule has 0 radical (unpaired) electrons. The van der Waals surface area contributed by atoms with Gasteiger partial charge in [0.25, 0.3) is 11.8 Å². The molecule has 0 unspecified atom stereocenters. The molecule has 3 N–H and O–H groups in total. The van der Waals surface area contributed by atoms with E-state index in [4.69, 9.17) is 0 Å². The Kier molecular flexibility index (Phi) is 7.90. The van der Waals surface area contributed by atoms with Gasteiger partial charge in [-0.15, -0.1) is 0 Å². The average Bonchev–Trinajstić information content (AvgIpc) is 3.68. The van der Waals surface area contributed by atoms with Crippen LogP contribution in [0, 0.1) is 11.6 Å². The maximum Gasteiger partial charge on any atom is 0.273 e. The summed E-state index contributed by atoms with van der Waals surface area (Å²) >= 11 is 0. The van der Waals surface area contributed by atoms with Crippen molar-refractivity contribution in [3.8, 4) is 0 Å². The number of aryl methyl sites for hydroxylation is 1. The third-order valence-electron chi connectivity index (χ3n) is 8.47. The van der Waals surface area contributed by atoms with Crippen LogP contribution >= 0.6 is 0 Å². The van der Waals surface area contributed by atoms with Crippen LogP contribution in [-0.4, -0.2) is 82.4 Å². The Balaban J connectivity index is 1.30. The first-order chi connectivity index (χ1) is 21.8. The van der Waals surface area contributed by atoms with Gasteiger partial charge in [0.15, 0.2) is 5.82 Å². The van der Waals surface area contributed by atoms with Gasteiger partial charge in [-0.05, 0) is 51.2 Å². The van der Waals surface area contributed by atoms with Crippen molar-refractivity contribution in [2.75, 3.05) is 48.8 Å². The molecule has 2 amide bonds. The molecule has 0 spiro atoms. The predicted octanol–water partition coefficient (Wildman–Crippen LogP) is 3.12. The molecule has 0 bridgehead atoms. The second-order valence-corrected chi connectivity index (χ2v) is 13.8. The van der Waals surface area contributed by atoms with Gasteiger partial charge in [-0.3, -0.25) is 14.7 Å². The lowest BCUT2D eigenvalue weighted by Gasteiger charge is -2.34. The van der Waals surface area contributed by atoms with E-state index in [0.717, 1.165) is 48.3 Å². The molecule has 2 aromatic carbocycles. The number of aromatic amines is 1. The molecule has 6 rings (SSSR count). The van der Waals surface area contributed by atoms with Crippen LogP contribution in [-0.2, 0) is 29.2 Å². The largest absolute Gasteiger partial charge is 0.369 e. The summed E-state index contributed by atoms with van der Waals surface area (Å²) in [6, 6.07) is 7.29. The number of nitrogens with zero attached hydrogens (tertiary/aromatic N) is 6. The number of carbonyl (C=O) groups is 2. The number of rotatable bonds is 7. The summed E-state index contributed by atoms with van der Waals surface area (Å²) in [5.74, 6) is -3.00. The van der Waals surface area contributed by atoms with Gasteiger partial charge in [0.1, 0.15) is 17.3 Å². The van der Waals surface area contributed by atoms with Crippen molar-refractivity contribution in [1.29, 1.82) is 0 Å². The molecular formula is C30H33F2N9O4S. The lowest BCUT2D eigenvalue weighted by molar-refractivity contribution is 0.101. The fourth-order valence-corrected chi connectivity index (χ4v) is 7.59. The lowest BCUT2D eigenvalue weighted by Crippen LogP contribution is -2.44. The van der Waals surface area contributed by atoms with Gasteiger partial charge < -0.3 is 25.0 Å². The minimum Gasteiger partial charge on any atom is -0.369 e. The van der Waals surface area contributed by atoms with E-state index in [-0.39, 0.29) is 23.6 Å². The van der Waals surface area contributed by atoms with E-state index < -0.39 is 43.9 Å². The number of carbonyl (C=O) groups excluding carboxylic acids is 2. The molecule has 0 atom stereocenters. The van der Waals surface area contributed by atoms with E-state index in [9.17, 15) is 26.8 Å². The summed E-state index contributed by atoms with van der Waals surface area (Å²) < 4.78 is 57.6. The van der Waals surface area contributed by atoms with Crippen LogP contribution in [0.5, 0.6) is 0 Å². The number of aromatic nitrogens is 4. The minimum absolute atomic E-state index is 0.0863. The Morgan fingerprint density at radius 2 is 1.65 bits per heavy atom. The van der Waals surface area contributed by atoms with Gasteiger partial charge in [-0.25, -0.2) is 22.2 Å². The first kappa shape index (κ1) is 31.3.